The zero-order valence-electron chi connectivity index (χ0n) is 20.8. The van der Waals surface area contributed by atoms with Gasteiger partial charge in [0, 0.05) is 18.3 Å². The first-order valence-corrected chi connectivity index (χ1v) is 12.8. The second kappa shape index (κ2) is 9.58. The molecule has 3 aromatic carbocycles. The van der Waals surface area contributed by atoms with E-state index in [0.29, 0.717) is 0 Å². The van der Waals surface area contributed by atoms with Gasteiger partial charge in [-0.2, -0.15) is 0 Å². The van der Waals surface area contributed by atoms with Crippen LogP contribution in [-0.4, -0.2) is 33.9 Å². The summed E-state index contributed by atoms with van der Waals surface area (Å²) in [6.45, 7) is 2.10. The van der Waals surface area contributed by atoms with Crippen molar-refractivity contribution < 1.29 is 9.59 Å². The number of hydrogen-bond acceptors (Lipinski definition) is 2. The molecule has 184 valence electrons. The minimum atomic E-state index is -0.283. The quantitative estimate of drug-likeness (QED) is 0.317. The Morgan fingerprint density at radius 1 is 0.865 bits per heavy atom. The summed E-state index contributed by atoms with van der Waals surface area (Å²) in [4.78, 5) is 31.1. The van der Waals surface area contributed by atoms with Crippen LogP contribution in [0.5, 0.6) is 0 Å². The van der Waals surface area contributed by atoms with E-state index >= 15 is 0 Å². The van der Waals surface area contributed by atoms with Gasteiger partial charge < -0.3 is 9.47 Å². The Morgan fingerprint density at radius 3 is 2.30 bits per heavy atom. The molecule has 6 rings (SSSR count). The molecular weight excluding hydrogens is 458 g/mol. The molecule has 37 heavy (non-hydrogen) atoms. The molecule has 1 atom stereocenters. The van der Waals surface area contributed by atoms with E-state index in [1.54, 1.807) is 11.0 Å². The number of carbonyl (C=O) groups excluding carboxylic acids is 2. The molecule has 1 fully saturated rings. The lowest BCUT2D eigenvalue weighted by molar-refractivity contribution is -0.132. The van der Waals surface area contributed by atoms with Crippen LogP contribution >= 0.6 is 0 Å². The van der Waals surface area contributed by atoms with E-state index in [0.717, 1.165) is 41.0 Å². The number of nitrogens with zero attached hydrogens (tertiary/aromatic N) is 3. The molecule has 2 aliphatic rings. The van der Waals surface area contributed by atoms with Crippen molar-refractivity contribution in [3.63, 3.8) is 0 Å². The third kappa shape index (κ3) is 4.49. The number of aryl methyl sites for hydroxylation is 1. The molecule has 5 nitrogen and oxygen atoms in total. The standard InChI is InChI=1S/C32H29N3O2/c1-23-13-16-25(17-14-23)32-29-12-7-21-33(29)27-10-5-6-11-28(27)35(32)31(37)22-34(26-18-19-26)30(36)20-15-24-8-3-2-4-9-24/h2-17,20-21,26,32H,18-19,22H2,1H3/b20-15+. The predicted octanol–water partition coefficient (Wildman–Crippen LogP) is 5.93. The summed E-state index contributed by atoms with van der Waals surface area (Å²) >= 11 is 0. The van der Waals surface area contributed by atoms with Gasteiger partial charge in [-0.1, -0.05) is 72.3 Å². The van der Waals surface area contributed by atoms with Gasteiger partial charge in [0.05, 0.1) is 17.1 Å². The highest BCUT2D eigenvalue weighted by Crippen LogP contribution is 2.42. The number of rotatable bonds is 6. The van der Waals surface area contributed by atoms with Crippen LogP contribution in [-0.2, 0) is 9.59 Å². The van der Waals surface area contributed by atoms with Gasteiger partial charge in [-0.15, -0.1) is 0 Å². The van der Waals surface area contributed by atoms with Gasteiger partial charge in [0.2, 0.25) is 11.8 Å². The number of amides is 2. The Labute approximate surface area is 217 Å². The normalized spacial score (nSPS) is 16.4. The summed E-state index contributed by atoms with van der Waals surface area (Å²) in [5.41, 5.74) is 6.02. The van der Waals surface area contributed by atoms with E-state index in [4.69, 9.17) is 0 Å². The molecule has 1 aliphatic carbocycles. The third-order valence-corrected chi connectivity index (χ3v) is 7.18. The second-order valence-corrected chi connectivity index (χ2v) is 9.81. The molecule has 0 spiro atoms. The first kappa shape index (κ1) is 23.0. The largest absolute Gasteiger partial charge is 0.327 e. The first-order valence-electron chi connectivity index (χ1n) is 12.8. The molecule has 1 aliphatic heterocycles. The Morgan fingerprint density at radius 2 is 1.57 bits per heavy atom. The molecule has 1 saturated carbocycles. The van der Waals surface area contributed by atoms with Crippen molar-refractivity contribution >= 4 is 23.6 Å². The first-order chi connectivity index (χ1) is 18.1. The average Bonchev–Trinajstić information content (AvgIpc) is 3.65. The topological polar surface area (TPSA) is 45.6 Å². The Balaban J connectivity index is 1.35. The van der Waals surface area contributed by atoms with Crippen molar-refractivity contribution in [1.29, 1.82) is 0 Å². The number of carbonyl (C=O) groups is 2. The average molecular weight is 488 g/mol. The zero-order chi connectivity index (χ0) is 25.4. The van der Waals surface area contributed by atoms with E-state index in [1.165, 1.54) is 5.56 Å². The number of fused-ring (bicyclic) bond motifs is 3. The van der Waals surface area contributed by atoms with Crippen molar-refractivity contribution in [2.45, 2.75) is 31.8 Å². The third-order valence-electron chi connectivity index (χ3n) is 7.18. The van der Waals surface area contributed by atoms with Gasteiger partial charge in [0.25, 0.3) is 0 Å². The molecule has 4 aromatic rings. The van der Waals surface area contributed by atoms with E-state index in [1.807, 2.05) is 77.8 Å². The van der Waals surface area contributed by atoms with E-state index in [9.17, 15) is 9.59 Å². The van der Waals surface area contributed by atoms with Gasteiger partial charge >= 0.3 is 0 Å². The minimum absolute atomic E-state index is 0.0417. The number of anilines is 1. The summed E-state index contributed by atoms with van der Waals surface area (Å²) in [7, 11) is 0. The molecule has 2 amide bonds. The van der Waals surface area contributed by atoms with Crippen molar-refractivity contribution in [3.05, 3.63) is 126 Å². The lowest BCUT2D eigenvalue weighted by Crippen LogP contribution is -2.47. The lowest BCUT2D eigenvalue weighted by Gasteiger charge is -2.39. The Bertz CT molecular complexity index is 1470. The molecule has 0 saturated heterocycles. The second-order valence-electron chi connectivity index (χ2n) is 9.81. The van der Waals surface area contributed by atoms with E-state index in [-0.39, 0.29) is 30.4 Å². The lowest BCUT2D eigenvalue weighted by atomic mass is 9.97. The van der Waals surface area contributed by atoms with Crippen LogP contribution < -0.4 is 4.90 Å². The minimum Gasteiger partial charge on any atom is -0.327 e. The van der Waals surface area contributed by atoms with Crippen LogP contribution in [0.2, 0.25) is 0 Å². The molecule has 1 unspecified atom stereocenters. The van der Waals surface area contributed by atoms with Crippen molar-refractivity contribution in [3.8, 4) is 5.69 Å². The molecule has 1 aromatic heterocycles. The highest BCUT2D eigenvalue weighted by Gasteiger charge is 2.39. The van der Waals surface area contributed by atoms with Gasteiger partial charge in [-0.05, 0) is 61.2 Å². The van der Waals surface area contributed by atoms with E-state index < -0.39 is 0 Å². The van der Waals surface area contributed by atoms with Crippen LogP contribution in [0, 0.1) is 6.92 Å². The number of para-hydroxylation sites is 2. The molecular formula is C32H29N3O2. The van der Waals surface area contributed by atoms with Crippen LogP contribution in [0.25, 0.3) is 11.8 Å². The van der Waals surface area contributed by atoms with Crippen LogP contribution in [0.1, 0.15) is 41.3 Å². The van der Waals surface area contributed by atoms with Gasteiger partial charge in [0.1, 0.15) is 12.6 Å². The van der Waals surface area contributed by atoms with Crippen LogP contribution in [0.15, 0.2) is 103 Å². The highest BCUT2D eigenvalue weighted by atomic mass is 16.2. The monoisotopic (exact) mass is 487 g/mol. The molecule has 0 radical (unpaired) electrons. The maximum Gasteiger partial charge on any atom is 0.247 e. The van der Waals surface area contributed by atoms with E-state index in [2.05, 4.69) is 41.8 Å². The fraction of sp³-hybridized carbons (Fsp3) is 0.188. The molecule has 5 heteroatoms. The summed E-state index contributed by atoms with van der Waals surface area (Å²) < 4.78 is 2.16. The van der Waals surface area contributed by atoms with Crippen LogP contribution in [0.3, 0.4) is 0 Å². The van der Waals surface area contributed by atoms with Crippen molar-refractivity contribution in [1.82, 2.24) is 9.47 Å². The van der Waals surface area contributed by atoms with Crippen molar-refractivity contribution in [2.75, 3.05) is 11.4 Å². The highest BCUT2D eigenvalue weighted by molar-refractivity contribution is 6.02. The maximum absolute atomic E-state index is 14.2. The summed E-state index contributed by atoms with van der Waals surface area (Å²) in [5.74, 6) is -0.209. The summed E-state index contributed by atoms with van der Waals surface area (Å²) in [6.07, 6.45) is 7.32. The Hall–Kier alpha value is -4.38. The fourth-order valence-corrected chi connectivity index (χ4v) is 5.15. The number of benzene rings is 3. The SMILES string of the molecule is Cc1ccc(C2c3cccn3-c3ccccc3N2C(=O)CN(C(=O)/C=C/c2ccccc2)C2CC2)cc1. The van der Waals surface area contributed by atoms with Crippen LogP contribution in [0.4, 0.5) is 5.69 Å². The summed E-state index contributed by atoms with van der Waals surface area (Å²) in [5, 5.41) is 0. The Kier molecular flexibility index (Phi) is 5.97. The molecule has 2 heterocycles. The fourth-order valence-electron chi connectivity index (χ4n) is 5.15. The summed E-state index contributed by atoms with van der Waals surface area (Å²) in [6, 6.07) is 30.0. The van der Waals surface area contributed by atoms with Crippen molar-refractivity contribution in [2.24, 2.45) is 0 Å². The van der Waals surface area contributed by atoms with Gasteiger partial charge in [0.15, 0.2) is 0 Å². The number of aromatic nitrogens is 1. The predicted molar refractivity (Wildman–Crippen MR) is 146 cm³/mol. The molecule has 0 N–H and O–H groups in total. The molecule has 0 bridgehead atoms. The van der Waals surface area contributed by atoms with Gasteiger partial charge in [-0.25, -0.2) is 0 Å². The zero-order valence-corrected chi connectivity index (χ0v) is 20.8. The number of hydrogen-bond donors (Lipinski definition) is 0. The van der Waals surface area contributed by atoms with Gasteiger partial charge in [-0.3, -0.25) is 14.5 Å². The maximum atomic E-state index is 14.2. The smallest absolute Gasteiger partial charge is 0.247 e.